The van der Waals surface area contributed by atoms with Crippen molar-refractivity contribution in [2.75, 3.05) is 0 Å². The summed E-state index contributed by atoms with van der Waals surface area (Å²) in [4.78, 5) is 23.7. The van der Waals surface area contributed by atoms with Crippen LogP contribution in [0.1, 0.15) is 21.5 Å². The summed E-state index contributed by atoms with van der Waals surface area (Å²) in [6.07, 6.45) is 0.171. The number of rotatable bonds is 5. The number of benzene rings is 2. The average Bonchev–Trinajstić information content (AvgIpc) is 2.51. The molecule has 6 heteroatoms. The quantitative estimate of drug-likeness (QED) is 0.886. The lowest BCUT2D eigenvalue weighted by Crippen LogP contribution is -2.46. The maximum atomic E-state index is 13.6. The molecule has 3 N–H and O–H groups in total. The molecule has 0 saturated carbocycles. The van der Waals surface area contributed by atoms with E-state index >= 15 is 0 Å². The molecular weight excluding hydrogens is 302 g/mol. The first-order chi connectivity index (χ1) is 10.9. The fourth-order valence-electron chi connectivity index (χ4n) is 2.20. The van der Waals surface area contributed by atoms with Gasteiger partial charge in [-0.25, -0.2) is 8.78 Å². The molecule has 1 atom stereocenters. The van der Waals surface area contributed by atoms with Gasteiger partial charge < -0.3 is 11.1 Å². The molecule has 23 heavy (non-hydrogen) atoms. The number of hydrogen-bond donors (Lipinski definition) is 2. The number of hydrogen-bond acceptors (Lipinski definition) is 2. The first-order valence-corrected chi connectivity index (χ1v) is 6.99. The third-order valence-corrected chi connectivity index (χ3v) is 3.53. The highest BCUT2D eigenvalue weighted by Gasteiger charge is 2.22. The van der Waals surface area contributed by atoms with Crippen LogP contribution in [0.2, 0.25) is 0 Å². The van der Waals surface area contributed by atoms with Crippen LogP contribution < -0.4 is 11.1 Å². The molecule has 0 heterocycles. The monoisotopic (exact) mass is 318 g/mol. The molecule has 0 radical (unpaired) electrons. The molecule has 0 saturated heterocycles. The van der Waals surface area contributed by atoms with E-state index in [0.717, 1.165) is 23.3 Å². The van der Waals surface area contributed by atoms with Crippen molar-refractivity contribution in [3.63, 3.8) is 0 Å². The molecule has 2 aromatic rings. The van der Waals surface area contributed by atoms with Gasteiger partial charge in [-0.2, -0.15) is 0 Å². The zero-order valence-electron chi connectivity index (χ0n) is 12.5. The molecule has 0 aliphatic heterocycles. The number of carbonyl (C=O) groups excluding carboxylic acids is 2. The second kappa shape index (κ2) is 7.00. The minimum Gasteiger partial charge on any atom is -0.368 e. The number of nitrogens with one attached hydrogen (secondary N) is 1. The minimum absolute atomic E-state index is 0.171. The van der Waals surface area contributed by atoms with Crippen LogP contribution >= 0.6 is 0 Å². The summed E-state index contributed by atoms with van der Waals surface area (Å²) in [5, 5.41) is 2.36. The van der Waals surface area contributed by atoms with Crippen molar-refractivity contribution in [1.82, 2.24) is 5.32 Å². The van der Waals surface area contributed by atoms with Gasteiger partial charge in [-0.3, -0.25) is 9.59 Å². The third-order valence-electron chi connectivity index (χ3n) is 3.53. The van der Waals surface area contributed by atoms with Crippen LogP contribution in [0.15, 0.2) is 42.5 Å². The summed E-state index contributed by atoms with van der Waals surface area (Å²) in [6, 6.07) is 9.55. The first-order valence-electron chi connectivity index (χ1n) is 6.99. The number of aryl methyl sites for hydroxylation is 1. The number of nitrogens with two attached hydrogens (primary N) is 1. The largest absolute Gasteiger partial charge is 0.368 e. The second-order valence-corrected chi connectivity index (χ2v) is 5.16. The number of halogens is 2. The smallest absolute Gasteiger partial charge is 0.255 e. The Hall–Kier alpha value is -2.76. The second-order valence-electron chi connectivity index (χ2n) is 5.16. The van der Waals surface area contributed by atoms with Gasteiger partial charge in [-0.05, 0) is 30.2 Å². The van der Waals surface area contributed by atoms with Gasteiger partial charge in [-0.1, -0.05) is 30.3 Å². The van der Waals surface area contributed by atoms with Crippen LogP contribution in [0.25, 0.3) is 0 Å². The highest BCUT2D eigenvalue weighted by molar-refractivity contribution is 5.97. The summed E-state index contributed by atoms with van der Waals surface area (Å²) in [5.74, 6) is -4.03. The maximum Gasteiger partial charge on any atom is 0.255 e. The van der Waals surface area contributed by atoms with Gasteiger partial charge in [0.2, 0.25) is 5.91 Å². The first kappa shape index (κ1) is 16.6. The maximum absolute atomic E-state index is 13.6. The summed E-state index contributed by atoms with van der Waals surface area (Å²) in [7, 11) is 0. The van der Waals surface area contributed by atoms with Gasteiger partial charge in [0.1, 0.15) is 6.04 Å². The Bertz CT molecular complexity index is 747. The highest BCUT2D eigenvalue weighted by atomic mass is 19.2. The molecule has 0 unspecified atom stereocenters. The van der Waals surface area contributed by atoms with E-state index in [0.29, 0.717) is 0 Å². The Morgan fingerprint density at radius 3 is 2.48 bits per heavy atom. The predicted octanol–water partition coefficient (Wildman–Crippen LogP) is 2.10. The fourth-order valence-corrected chi connectivity index (χ4v) is 2.20. The summed E-state index contributed by atoms with van der Waals surface area (Å²) < 4.78 is 26.8. The Morgan fingerprint density at radius 1 is 1.13 bits per heavy atom. The molecule has 0 spiro atoms. The molecule has 4 nitrogen and oxygen atoms in total. The fraction of sp³-hybridized carbons (Fsp3) is 0.176. The van der Waals surface area contributed by atoms with E-state index in [9.17, 15) is 18.4 Å². The van der Waals surface area contributed by atoms with Crippen LogP contribution in [0, 0.1) is 18.6 Å². The van der Waals surface area contributed by atoms with Gasteiger partial charge in [0, 0.05) is 6.42 Å². The van der Waals surface area contributed by atoms with E-state index in [4.69, 9.17) is 5.73 Å². The van der Waals surface area contributed by atoms with Crippen molar-refractivity contribution >= 4 is 11.8 Å². The van der Waals surface area contributed by atoms with Crippen LogP contribution in [-0.2, 0) is 11.2 Å². The van der Waals surface area contributed by atoms with Crippen molar-refractivity contribution < 1.29 is 18.4 Å². The molecule has 2 rings (SSSR count). The summed E-state index contributed by atoms with van der Waals surface area (Å²) in [5.41, 5.74) is 6.60. The third kappa shape index (κ3) is 3.91. The molecule has 0 bridgehead atoms. The zero-order chi connectivity index (χ0) is 17.0. The highest BCUT2D eigenvalue weighted by Crippen LogP contribution is 2.13. The van der Waals surface area contributed by atoms with Crippen molar-refractivity contribution in [2.24, 2.45) is 5.73 Å². The summed E-state index contributed by atoms with van der Waals surface area (Å²) >= 11 is 0. The SMILES string of the molecule is Cc1ccccc1C[C@@H](NC(=O)c1cccc(F)c1F)C(N)=O. The molecule has 0 aliphatic carbocycles. The lowest BCUT2D eigenvalue weighted by molar-refractivity contribution is -0.119. The average molecular weight is 318 g/mol. The van der Waals surface area contributed by atoms with Gasteiger partial charge in [0.15, 0.2) is 11.6 Å². The summed E-state index contributed by atoms with van der Waals surface area (Å²) in [6.45, 7) is 1.86. The molecule has 0 aliphatic rings. The van der Waals surface area contributed by atoms with Gasteiger partial charge in [0.25, 0.3) is 5.91 Å². The van der Waals surface area contributed by atoms with E-state index in [1.165, 1.54) is 6.07 Å². The number of carbonyl (C=O) groups is 2. The minimum atomic E-state index is -1.26. The van der Waals surface area contributed by atoms with E-state index in [1.54, 1.807) is 12.1 Å². The van der Waals surface area contributed by atoms with Crippen molar-refractivity contribution in [3.05, 3.63) is 70.8 Å². The molecule has 2 amide bonds. The van der Waals surface area contributed by atoms with Crippen molar-refractivity contribution in [3.8, 4) is 0 Å². The van der Waals surface area contributed by atoms with Crippen LogP contribution in [0.5, 0.6) is 0 Å². The number of amides is 2. The van der Waals surface area contributed by atoms with Crippen LogP contribution in [0.3, 0.4) is 0 Å². The lowest BCUT2D eigenvalue weighted by atomic mass is 10.0. The van der Waals surface area contributed by atoms with E-state index in [-0.39, 0.29) is 6.42 Å². The molecular formula is C17H16F2N2O2. The predicted molar refractivity (Wildman–Crippen MR) is 81.7 cm³/mol. The van der Waals surface area contributed by atoms with Gasteiger partial charge in [-0.15, -0.1) is 0 Å². The van der Waals surface area contributed by atoms with Crippen molar-refractivity contribution in [2.45, 2.75) is 19.4 Å². The van der Waals surface area contributed by atoms with Crippen LogP contribution in [-0.4, -0.2) is 17.9 Å². The molecule has 120 valence electrons. The van der Waals surface area contributed by atoms with Crippen LogP contribution in [0.4, 0.5) is 8.78 Å². The Morgan fingerprint density at radius 2 is 1.83 bits per heavy atom. The topological polar surface area (TPSA) is 72.2 Å². The standard InChI is InChI=1S/C17H16F2N2O2/c1-10-5-2-3-6-11(10)9-14(16(20)22)21-17(23)12-7-4-8-13(18)15(12)19/h2-8,14H,9H2,1H3,(H2,20,22)(H,21,23)/t14-/m1/s1. The zero-order valence-corrected chi connectivity index (χ0v) is 12.5. The van der Waals surface area contributed by atoms with Gasteiger partial charge in [0.05, 0.1) is 5.56 Å². The Labute approximate surface area is 132 Å². The van der Waals surface area contributed by atoms with Gasteiger partial charge >= 0.3 is 0 Å². The Kier molecular flexibility index (Phi) is 5.05. The Balaban J connectivity index is 2.20. The molecule has 0 aromatic heterocycles. The molecule has 0 fully saturated rings. The normalized spacial score (nSPS) is 11.8. The number of primary amides is 1. The van der Waals surface area contributed by atoms with Crippen molar-refractivity contribution in [1.29, 1.82) is 0 Å². The van der Waals surface area contributed by atoms with E-state index < -0.39 is 35.1 Å². The van der Waals surface area contributed by atoms with E-state index in [1.807, 2.05) is 19.1 Å². The van der Waals surface area contributed by atoms with E-state index in [2.05, 4.69) is 5.32 Å². The lowest BCUT2D eigenvalue weighted by Gasteiger charge is -2.17. The molecule has 2 aromatic carbocycles.